The number of hydrogen-bond donors (Lipinski definition) is 0. The average Bonchev–Trinajstić information content (AvgIpc) is 2.83. The lowest BCUT2D eigenvalue weighted by Gasteiger charge is -2.19. The number of para-hydroxylation sites is 1. The molecule has 8 nitrogen and oxygen atoms in total. The van der Waals surface area contributed by atoms with Crippen LogP contribution in [-0.2, 0) is 17.9 Å². The van der Waals surface area contributed by atoms with Crippen molar-refractivity contribution < 1.29 is 14.5 Å². The SMILES string of the molecule is COc1ccccc1CN(C)C(=O)Cn1c(C)nc([N+](=O)[O-])c1Br. The van der Waals surface area contributed by atoms with Crippen molar-refractivity contribution in [2.24, 2.45) is 0 Å². The molecule has 0 atom stereocenters. The third kappa shape index (κ3) is 3.73. The summed E-state index contributed by atoms with van der Waals surface area (Å²) in [5.74, 6) is 0.602. The van der Waals surface area contributed by atoms with Gasteiger partial charge in [0, 0.05) is 26.1 Å². The van der Waals surface area contributed by atoms with Gasteiger partial charge in [0.2, 0.25) is 11.7 Å². The molecule has 0 fully saturated rings. The molecule has 0 N–H and O–H groups in total. The Balaban J connectivity index is 2.14. The molecule has 24 heavy (non-hydrogen) atoms. The van der Waals surface area contributed by atoms with Gasteiger partial charge in [-0.25, -0.2) is 0 Å². The van der Waals surface area contributed by atoms with Crippen LogP contribution in [0.3, 0.4) is 0 Å². The van der Waals surface area contributed by atoms with Gasteiger partial charge in [-0.15, -0.1) is 0 Å². The Hall–Kier alpha value is -2.42. The monoisotopic (exact) mass is 396 g/mol. The van der Waals surface area contributed by atoms with Crippen LogP contribution >= 0.6 is 15.9 Å². The van der Waals surface area contributed by atoms with E-state index < -0.39 is 4.92 Å². The summed E-state index contributed by atoms with van der Waals surface area (Å²) in [5, 5.41) is 10.9. The highest BCUT2D eigenvalue weighted by Crippen LogP contribution is 2.25. The smallest absolute Gasteiger partial charge is 0.396 e. The van der Waals surface area contributed by atoms with Gasteiger partial charge in [-0.1, -0.05) is 18.2 Å². The Labute approximate surface area is 147 Å². The van der Waals surface area contributed by atoms with E-state index in [9.17, 15) is 14.9 Å². The second kappa shape index (κ2) is 7.43. The summed E-state index contributed by atoms with van der Waals surface area (Å²) < 4.78 is 6.93. The van der Waals surface area contributed by atoms with Crippen LogP contribution in [0.2, 0.25) is 0 Å². The first kappa shape index (κ1) is 17.9. The fourth-order valence-electron chi connectivity index (χ4n) is 2.26. The van der Waals surface area contributed by atoms with Gasteiger partial charge >= 0.3 is 5.82 Å². The van der Waals surface area contributed by atoms with Crippen LogP contribution in [0.4, 0.5) is 5.82 Å². The van der Waals surface area contributed by atoms with Crippen molar-refractivity contribution in [2.45, 2.75) is 20.0 Å². The molecule has 1 aromatic carbocycles. The molecule has 1 heterocycles. The number of hydrogen-bond acceptors (Lipinski definition) is 5. The van der Waals surface area contributed by atoms with Crippen LogP contribution in [0.5, 0.6) is 5.75 Å². The Morgan fingerprint density at radius 2 is 2.12 bits per heavy atom. The fourth-order valence-corrected chi connectivity index (χ4v) is 2.87. The molecule has 0 radical (unpaired) electrons. The van der Waals surface area contributed by atoms with Gasteiger partial charge in [0.15, 0.2) is 4.60 Å². The van der Waals surface area contributed by atoms with Gasteiger partial charge in [0.25, 0.3) is 0 Å². The fraction of sp³-hybridized carbons (Fsp3) is 0.333. The van der Waals surface area contributed by atoms with Gasteiger partial charge in [-0.2, -0.15) is 0 Å². The van der Waals surface area contributed by atoms with Crippen LogP contribution in [-0.4, -0.2) is 39.4 Å². The quantitative estimate of drug-likeness (QED) is 0.552. The number of aromatic nitrogens is 2. The molecule has 0 spiro atoms. The number of nitrogens with zero attached hydrogens (tertiary/aromatic N) is 4. The van der Waals surface area contributed by atoms with Crippen LogP contribution in [0.1, 0.15) is 11.4 Å². The summed E-state index contributed by atoms with van der Waals surface area (Å²) in [6.45, 7) is 1.94. The second-order valence-corrected chi connectivity index (χ2v) is 5.93. The number of methoxy groups -OCH3 is 1. The summed E-state index contributed by atoms with van der Waals surface area (Å²) >= 11 is 3.14. The standard InChI is InChI=1S/C15H17BrN4O4/c1-10-17-15(20(22)23)14(16)19(10)9-13(21)18(2)8-11-6-4-5-7-12(11)24-3/h4-7H,8-9H2,1-3H3. The van der Waals surface area contributed by atoms with Crippen LogP contribution in [0.15, 0.2) is 28.9 Å². The average molecular weight is 397 g/mol. The predicted octanol–water partition coefficient (Wildman–Crippen LogP) is 2.53. The zero-order valence-corrected chi connectivity index (χ0v) is 15.1. The van der Waals surface area contributed by atoms with Crippen LogP contribution < -0.4 is 4.74 Å². The molecule has 0 bridgehead atoms. The lowest BCUT2D eigenvalue weighted by atomic mass is 10.2. The van der Waals surface area contributed by atoms with Crippen molar-refractivity contribution in [1.29, 1.82) is 0 Å². The van der Waals surface area contributed by atoms with E-state index in [2.05, 4.69) is 20.9 Å². The number of halogens is 1. The minimum atomic E-state index is -0.587. The Bertz CT molecular complexity index is 775. The molecule has 0 saturated carbocycles. The number of likely N-dealkylation sites (N-methyl/N-ethyl adjacent to an activating group) is 1. The molecular weight excluding hydrogens is 380 g/mol. The Morgan fingerprint density at radius 1 is 1.46 bits per heavy atom. The highest BCUT2D eigenvalue weighted by atomic mass is 79.9. The zero-order chi connectivity index (χ0) is 17.9. The summed E-state index contributed by atoms with van der Waals surface area (Å²) in [7, 11) is 3.25. The highest BCUT2D eigenvalue weighted by Gasteiger charge is 2.25. The molecule has 0 aliphatic carbocycles. The van der Waals surface area contributed by atoms with Crippen molar-refractivity contribution in [3.8, 4) is 5.75 Å². The van der Waals surface area contributed by atoms with Crippen LogP contribution in [0.25, 0.3) is 0 Å². The van der Waals surface area contributed by atoms with E-state index in [1.165, 1.54) is 9.47 Å². The van der Waals surface area contributed by atoms with Crippen molar-refractivity contribution >= 4 is 27.7 Å². The third-order valence-electron chi connectivity index (χ3n) is 3.57. The number of ether oxygens (including phenoxy) is 1. The van der Waals surface area contributed by atoms with E-state index in [1.807, 2.05) is 24.3 Å². The highest BCUT2D eigenvalue weighted by molar-refractivity contribution is 9.10. The van der Waals surface area contributed by atoms with E-state index in [4.69, 9.17) is 4.74 Å². The largest absolute Gasteiger partial charge is 0.496 e. The van der Waals surface area contributed by atoms with Crippen LogP contribution in [0, 0.1) is 17.0 Å². The number of amides is 1. The molecule has 0 aliphatic rings. The predicted molar refractivity (Wildman–Crippen MR) is 90.8 cm³/mol. The molecule has 0 unspecified atom stereocenters. The lowest BCUT2D eigenvalue weighted by molar-refractivity contribution is -0.390. The Morgan fingerprint density at radius 3 is 2.71 bits per heavy atom. The normalized spacial score (nSPS) is 10.5. The van der Waals surface area contributed by atoms with Crippen molar-refractivity contribution in [1.82, 2.24) is 14.5 Å². The van der Waals surface area contributed by atoms with Gasteiger partial charge in [0.05, 0.1) is 7.11 Å². The number of rotatable bonds is 6. The number of carbonyl (C=O) groups is 1. The van der Waals surface area contributed by atoms with Gasteiger partial charge in [-0.05, 0) is 31.9 Å². The van der Waals surface area contributed by atoms with Gasteiger partial charge in [0.1, 0.15) is 12.3 Å². The number of benzene rings is 1. The van der Waals surface area contributed by atoms with Gasteiger partial charge in [-0.3, -0.25) is 9.36 Å². The third-order valence-corrected chi connectivity index (χ3v) is 4.35. The molecular formula is C15H17BrN4O4. The lowest BCUT2D eigenvalue weighted by Crippen LogP contribution is -2.30. The molecule has 2 rings (SSSR count). The summed E-state index contributed by atoms with van der Waals surface area (Å²) in [5.41, 5.74) is 0.878. The van der Waals surface area contributed by atoms with E-state index in [0.717, 1.165) is 5.56 Å². The molecule has 0 saturated heterocycles. The summed E-state index contributed by atoms with van der Waals surface area (Å²) in [6, 6.07) is 7.44. The molecule has 1 amide bonds. The maximum absolute atomic E-state index is 12.4. The van der Waals surface area contributed by atoms with Crippen molar-refractivity contribution in [3.05, 3.63) is 50.4 Å². The molecule has 128 valence electrons. The first-order valence-corrected chi connectivity index (χ1v) is 7.87. The molecule has 9 heteroatoms. The number of imidazole rings is 1. The summed E-state index contributed by atoms with van der Waals surface area (Å²) in [4.78, 5) is 28.2. The van der Waals surface area contributed by atoms with E-state index in [1.54, 1.807) is 21.1 Å². The maximum Gasteiger partial charge on any atom is 0.396 e. The molecule has 1 aromatic heterocycles. The van der Waals surface area contributed by atoms with Crippen molar-refractivity contribution in [3.63, 3.8) is 0 Å². The topological polar surface area (TPSA) is 90.5 Å². The first-order valence-electron chi connectivity index (χ1n) is 7.08. The molecule has 0 aliphatic heterocycles. The van der Waals surface area contributed by atoms with E-state index in [0.29, 0.717) is 18.1 Å². The minimum absolute atomic E-state index is 0.0428. The zero-order valence-electron chi connectivity index (χ0n) is 13.5. The minimum Gasteiger partial charge on any atom is -0.496 e. The summed E-state index contributed by atoms with van der Waals surface area (Å²) in [6.07, 6.45) is 0. The van der Waals surface area contributed by atoms with E-state index >= 15 is 0 Å². The maximum atomic E-state index is 12.4. The second-order valence-electron chi connectivity index (χ2n) is 5.18. The number of nitro groups is 1. The number of aryl methyl sites for hydroxylation is 1. The molecule has 2 aromatic rings. The van der Waals surface area contributed by atoms with E-state index in [-0.39, 0.29) is 22.9 Å². The van der Waals surface area contributed by atoms with Gasteiger partial charge < -0.3 is 19.8 Å². The Kier molecular flexibility index (Phi) is 5.55. The number of carbonyl (C=O) groups excluding carboxylic acids is 1. The van der Waals surface area contributed by atoms with Crippen molar-refractivity contribution in [2.75, 3.05) is 14.2 Å². The first-order chi connectivity index (χ1) is 11.3.